The van der Waals surface area contributed by atoms with Crippen LogP contribution in [0.15, 0.2) is 24.3 Å². The highest BCUT2D eigenvalue weighted by atomic mass is 16.6. The number of rotatable bonds is 5. The zero-order valence-corrected chi connectivity index (χ0v) is 15.0. The summed E-state index contributed by atoms with van der Waals surface area (Å²) >= 11 is 0. The van der Waals surface area contributed by atoms with Gasteiger partial charge in [-0.3, -0.25) is 4.90 Å². The van der Waals surface area contributed by atoms with E-state index in [0.717, 1.165) is 11.3 Å². The molecule has 1 amide bonds. The van der Waals surface area contributed by atoms with Gasteiger partial charge in [-0.2, -0.15) is 0 Å². The summed E-state index contributed by atoms with van der Waals surface area (Å²) in [6.45, 7) is 5.77. The van der Waals surface area contributed by atoms with Gasteiger partial charge >= 0.3 is 12.1 Å². The first-order valence-electron chi connectivity index (χ1n) is 8.16. The van der Waals surface area contributed by atoms with E-state index < -0.39 is 23.7 Å². The molecule has 1 aliphatic heterocycles. The second kappa shape index (κ2) is 7.74. The average molecular weight is 351 g/mol. The molecule has 25 heavy (non-hydrogen) atoms. The van der Waals surface area contributed by atoms with E-state index in [2.05, 4.69) is 0 Å². The minimum absolute atomic E-state index is 0.196. The Hall–Kier alpha value is -2.28. The fraction of sp³-hybridized carbons (Fsp3) is 0.556. The van der Waals surface area contributed by atoms with Crippen molar-refractivity contribution in [1.82, 2.24) is 4.90 Å². The van der Waals surface area contributed by atoms with E-state index in [0.29, 0.717) is 6.61 Å². The SMILES string of the molecule is COc1ccc(CO[C@@H]2C[C@@H](C(=O)O)N(C(=O)OC(C)(C)C)C2)cc1. The Morgan fingerprint density at radius 1 is 1.24 bits per heavy atom. The van der Waals surface area contributed by atoms with Gasteiger partial charge in [-0.05, 0) is 38.5 Å². The first-order chi connectivity index (χ1) is 11.7. The molecular formula is C18H25NO6. The Bertz CT molecular complexity index is 607. The summed E-state index contributed by atoms with van der Waals surface area (Å²) in [6, 6.07) is 6.50. The molecule has 1 aromatic carbocycles. The molecule has 0 saturated carbocycles. The third kappa shape index (κ3) is 5.35. The molecule has 1 aromatic rings. The molecule has 0 radical (unpaired) electrons. The Morgan fingerprint density at radius 3 is 2.40 bits per heavy atom. The molecule has 138 valence electrons. The van der Waals surface area contributed by atoms with Gasteiger partial charge < -0.3 is 19.3 Å². The van der Waals surface area contributed by atoms with Crippen LogP contribution in [0.25, 0.3) is 0 Å². The number of hydrogen-bond donors (Lipinski definition) is 1. The lowest BCUT2D eigenvalue weighted by molar-refractivity contribution is -0.142. The third-order valence-electron chi connectivity index (χ3n) is 3.82. The lowest BCUT2D eigenvalue weighted by Crippen LogP contribution is -2.43. The number of amides is 1. The van der Waals surface area contributed by atoms with E-state index in [1.54, 1.807) is 27.9 Å². The number of carboxylic acid groups (broad SMARTS) is 1. The highest BCUT2D eigenvalue weighted by Crippen LogP contribution is 2.24. The number of aliphatic carboxylic acids is 1. The van der Waals surface area contributed by atoms with Crippen molar-refractivity contribution in [3.05, 3.63) is 29.8 Å². The molecular weight excluding hydrogens is 326 g/mol. The van der Waals surface area contributed by atoms with E-state index >= 15 is 0 Å². The molecule has 1 fully saturated rings. The van der Waals surface area contributed by atoms with E-state index in [1.807, 2.05) is 24.3 Å². The van der Waals surface area contributed by atoms with Gasteiger partial charge in [0.1, 0.15) is 17.4 Å². The summed E-state index contributed by atoms with van der Waals surface area (Å²) < 4.78 is 16.2. The maximum Gasteiger partial charge on any atom is 0.411 e. The topological polar surface area (TPSA) is 85.3 Å². The summed E-state index contributed by atoms with van der Waals surface area (Å²) in [6.07, 6.45) is -0.740. The molecule has 2 atom stereocenters. The molecule has 7 nitrogen and oxygen atoms in total. The number of carboxylic acids is 1. The van der Waals surface area contributed by atoms with Gasteiger partial charge in [-0.15, -0.1) is 0 Å². The predicted molar refractivity (Wildman–Crippen MR) is 90.6 cm³/mol. The van der Waals surface area contributed by atoms with Crippen LogP contribution in [0.3, 0.4) is 0 Å². The number of carbonyl (C=O) groups excluding carboxylic acids is 1. The van der Waals surface area contributed by atoms with Gasteiger partial charge in [-0.25, -0.2) is 9.59 Å². The molecule has 1 heterocycles. The minimum atomic E-state index is -1.05. The Labute approximate surface area is 147 Å². The van der Waals surface area contributed by atoms with Gasteiger partial charge in [0, 0.05) is 6.42 Å². The number of hydrogen-bond acceptors (Lipinski definition) is 5. The van der Waals surface area contributed by atoms with Gasteiger partial charge in [-0.1, -0.05) is 12.1 Å². The second-order valence-electron chi connectivity index (χ2n) is 7.00. The summed E-state index contributed by atoms with van der Waals surface area (Å²) in [4.78, 5) is 24.9. The second-order valence-corrected chi connectivity index (χ2v) is 7.00. The van der Waals surface area contributed by atoms with Crippen molar-refractivity contribution < 1.29 is 28.9 Å². The van der Waals surface area contributed by atoms with Crippen LogP contribution in [0, 0.1) is 0 Å². The zero-order valence-electron chi connectivity index (χ0n) is 15.0. The Morgan fingerprint density at radius 2 is 1.88 bits per heavy atom. The minimum Gasteiger partial charge on any atom is -0.497 e. The predicted octanol–water partition coefficient (Wildman–Crippen LogP) is 2.67. The number of likely N-dealkylation sites (tertiary alicyclic amines) is 1. The lowest BCUT2D eigenvalue weighted by Gasteiger charge is -2.26. The molecule has 0 spiro atoms. The van der Waals surface area contributed by atoms with E-state index in [-0.39, 0.29) is 19.1 Å². The van der Waals surface area contributed by atoms with Gasteiger partial charge in [0.2, 0.25) is 0 Å². The molecule has 1 saturated heterocycles. The summed E-state index contributed by atoms with van der Waals surface area (Å²) in [5.74, 6) is -0.298. The van der Waals surface area contributed by atoms with Crippen LogP contribution < -0.4 is 4.74 Å². The zero-order chi connectivity index (χ0) is 18.6. The van der Waals surface area contributed by atoms with Crippen molar-refractivity contribution >= 4 is 12.1 Å². The van der Waals surface area contributed by atoms with E-state index in [9.17, 15) is 14.7 Å². The summed E-state index contributed by atoms with van der Waals surface area (Å²) in [7, 11) is 1.60. The molecule has 0 bridgehead atoms. The average Bonchev–Trinajstić information content (AvgIpc) is 2.96. The molecule has 0 unspecified atom stereocenters. The first-order valence-corrected chi connectivity index (χ1v) is 8.16. The maximum absolute atomic E-state index is 12.2. The van der Waals surface area contributed by atoms with Gasteiger partial charge in [0.05, 0.1) is 26.4 Å². The number of nitrogens with zero attached hydrogens (tertiary/aromatic N) is 1. The number of methoxy groups -OCH3 is 1. The number of benzene rings is 1. The number of ether oxygens (including phenoxy) is 3. The smallest absolute Gasteiger partial charge is 0.411 e. The first kappa shape index (κ1) is 19.1. The van der Waals surface area contributed by atoms with Crippen LogP contribution in [-0.2, 0) is 20.9 Å². The standard InChI is InChI=1S/C18H25NO6/c1-18(2,3)25-17(22)19-10-14(9-15(19)16(20)21)24-11-12-5-7-13(23-4)8-6-12/h5-8,14-15H,9-11H2,1-4H3,(H,20,21)/t14-,15+/m1/s1. The highest BCUT2D eigenvalue weighted by Gasteiger charge is 2.42. The maximum atomic E-state index is 12.2. The fourth-order valence-corrected chi connectivity index (χ4v) is 2.61. The molecule has 0 aliphatic carbocycles. The largest absolute Gasteiger partial charge is 0.497 e. The van der Waals surface area contributed by atoms with Crippen molar-refractivity contribution in [3.63, 3.8) is 0 Å². The Balaban J connectivity index is 1.96. The normalized spacial score (nSPS) is 20.4. The van der Waals surface area contributed by atoms with Gasteiger partial charge in [0.15, 0.2) is 0 Å². The number of carbonyl (C=O) groups is 2. The van der Waals surface area contributed by atoms with Crippen LogP contribution in [0.2, 0.25) is 0 Å². The highest BCUT2D eigenvalue weighted by molar-refractivity contribution is 5.81. The van der Waals surface area contributed by atoms with Gasteiger partial charge in [0.25, 0.3) is 0 Å². The Kier molecular flexibility index (Phi) is 5.89. The molecule has 1 aliphatic rings. The summed E-state index contributed by atoms with van der Waals surface area (Å²) in [5, 5.41) is 9.37. The van der Waals surface area contributed by atoms with Crippen molar-refractivity contribution in [2.45, 2.75) is 51.5 Å². The van der Waals surface area contributed by atoms with Crippen molar-refractivity contribution in [3.8, 4) is 5.75 Å². The van der Waals surface area contributed by atoms with Crippen LogP contribution in [0.4, 0.5) is 4.79 Å². The monoisotopic (exact) mass is 351 g/mol. The fourth-order valence-electron chi connectivity index (χ4n) is 2.61. The van der Waals surface area contributed by atoms with Crippen LogP contribution >= 0.6 is 0 Å². The molecule has 1 N–H and O–H groups in total. The van der Waals surface area contributed by atoms with Crippen molar-refractivity contribution in [2.75, 3.05) is 13.7 Å². The van der Waals surface area contributed by atoms with Crippen molar-refractivity contribution in [1.29, 1.82) is 0 Å². The van der Waals surface area contributed by atoms with Crippen molar-refractivity contribution in [2.24, 2.45) is 0 Å². The molecule has 0 aromatic heterocycles. The quantitative estimate of drug-likeness (QED) is 0.878. The third-order valence-corrected chi connectivity index (χ3v) is 3.82. The molecule has 2 rings (SSSR count). The summed E-state index contributed by atoms with van der Waals surface area (Å²) in [5.41, 5.74) is 0.269. The van der Waals surface area contributed by atoms with Crippen LogP contribution in [0.1, 0.15) is 32.8 Å². The van der Waals surface area contributed by atoms with E-state index in [1.165, 1.54) is 4.90 Å². The van der Waals surface area contributed by atoms with E-state index in [4.69, 9.17) is 14.2 Å². The molecule has 7 heteroatoms. The van der Waals surface area contributed by atoms with Crippen LogP contribution in [0.5, 0.6) is 5.75 Å². The van der Waals surface area contributed by atoms with Crippen LogP contribution in [-0.4, -0.2) is 53.5 Å². The lowest BCUT2D eigenvalue weighted by atomic mass is 10.2.